The van der Waals surface area contributed by atoms with E-state index in [1.165, 1.54) is 10.6 Å². The van der Waals surface area contributed by atoms with Crippen molar-refractivity contribution < 1.29 is 32.2 Å². The number of nitrogens with one attached hydrogen (secondary N) is 2. The molecule has 43 heavy (non-hydrogen) atoms. The number of nitrogens with zero attached hydrogens (tertiary/aromatic N) is 2. The van der Waals surface area contributed by atoms with Crippen LogP contribution in [0.4, 0.5) is 17.1 Å². The Morgan fingerprint density at radius 1 is 0.953 bits per heavy atom. The van der Waals surface area contributed by atoms with Gasteiger partial charge in [-0.1, -0.05) is 6.07 Å². The number of likely N-dealkylation sites (N-methyl/N-ethyl adjacent to an activating group) is 1. The molecule has 0 unspecified atom stereocenters. The van der Waals surface area contributed by atoms with Crippen molar-refractivity contribution in [2.24, 2.45) is 0 Å². The molecule has 2 aliphatic heterocycles. The van der Waals surface area contributed by atoms with Gasteiger partial charge in [-0.2, -0.15) is 0 Å². The van der Waals surface area contributed by atoms with Crippen LogP contribution in [0.1, 0.15) is 28.4 Å². The fourth-order valence-electron chi connectivity index (χ4n) is 4.87. The molecular weight excluding hydrogens is 572 g/mol. The molecule has 12 heteroatoms. The summed E-state index contributed by atoms with van der Waals surface area (Å²) in [5.41, 5.74) is 4.13. The highest BCUT2D eigenvalue weighted by Crippen LogP contribution is 2.40. The number of amides is 1. The minimum atomic E-state index is -3.50. The first-order valence-corrected chi connectivity index (χ1v) is 15.7. The van der Waals surface area contributed by atoms with Gasteiger partial charge in [0.2, 0.25) is 10.0 Å². The van der Waals surface area contributed by atoms with Gasteiger partial charge in [-0.05, 0) is 75.6 Å². The van der Waals surface area contributed by atoms with E-state index in [-0.39, 0.29) is 12.5 Å². The van der Waals surface area contributed by atoms with E-state index >= 15 is 0 Å². The highest BCUT2D eigenvalue weighted by Gasteiger charge is 2.30. The Labute approximate surface area is 251 Å². The first kappa shape index (κ1) is 29.9. The fraction of sp³-hybridized carbons (Fsp3) is 0.290. The molecule has 0 aromatic heterocycles. The Hall–Kier alpha value is -4.55. The van der Waals surface area contributed by atoms with Crippen LogP contribution in [0.25, 0.3) is 11.3 Å². The third kappa shape index (κ3) is 6.60. The summed E-state index contributed by atoms with van der Waals surface area (Å²) in [6.45, 7) is 3.68. The molecule has 11 nitrogen and oxygen atoms in total. The molecule has 3 aromatic carbocycles. The van der Waals surface area contributed by atoms with Crippen LogP contribution in [0.3, 0.4) is 0 Å². The minimum Gasteiger partial charge on any atom is -0.486 e. The number of benzene rings is 3. The van der Waals surface area contributed by atoms with Crippen LogP contribution in [-0.4, -0.2) is 78.5 Å². The van der Waals surface area contributed by atoms with E-state index in [9.17, 15) is 18.0 Å². The van der Waals surface area contributed by atoms with Gasteiger partial charge >= 0.3 is 5.97 Å². The number of hydrogen-bond acceptors (Lipinski definition) is 9. The molecule has 0 saturated carbocycles. The summed E-state index contributed by atoms with van der Waals surface area (Å²) in [5, 5.41) is 6.25. The normalized spacial score (nSPS) is 15.0. The molecule has 0 bridgehead atoms. The second-order valence-electron chi connectivity index (χ2n) is 10.4. The van der Waals surface area contributed by atoms with E-state index in [1.807, 2.05) is 31.1 Å². The zero-order valence-electron chi connectivity index (χ0n) is 24.5. The van der Waals surface area contributed by atoms with Crippen molar-refractivity contribution in [3.05, 3.63) is 77.4 Å². The highest BCUT2D eigenvalue weighted by molar-refractivity contribution is 7.92. The Kier molecular flexibility index (Phi) is 8.60. The van der Waals surface area contributed by atoms with E-state index < -0.39 is 16.0 Å². The first-order valence-electron chi connectivity index (χ1n) is 13.8. The SMILES string of the molecule is CCOC(=O)c1ccc2c(c1)NC(=O)C2=C(Nc1ccc(N(CCN(C)C)S(C)(=O)=O)cc1)c1ccc2c(c1)OCCO2. The summed E-state index contributed by atoms with van der Waals surface area (Å²) in [6, 6.07) is 17.3. The first-order chi connectivity index (χ1) is 20.5. The maximum atomic E-state index is 13.5. The number of carbonyl (C=O) groups excluding carboxylic acids is 2. The zero-order valence-corrected chi connectivity index (χ0v) is 25.3. The van der Waals surface area contributed by atoms with Crippen molar-refractivity contribution in [2.45, 2.75) is 6.92 Å². The third-order valence-corrected chi connectivity index (χ3v) is 8.13. The summed E-state index contributed by atoms with van der Waals surface area (Å²) in [4.78, 5) is 27.7. The molecule has 3 aromatic rings. The fourth-order valence-corrected chi connectivity index (χ4v) is 5.79. The third-order valence-electron chi connectivity index (χ3n) is 6.93. The summed E-state index contributed by atoms with van der Waals surface area (Å²) < 4.78 is 43.0. The van der Waals surface area contributed by atoms with Gasteiger partial charge in [0.1, 0.15) is 13.2 Å². The molecule has 0 atom stereocenters. The molecule has 2 aliphatic rings. The standard InChI is InChI=1S/C31H34N4O7S/c1-5-40-31(37)21-6-12-24-25(18-21)33-30(36)28(24)29(20-7-13-26-27(19-20)42-17-16-41-26)32-22-8-10-23(11-9-22)35(43(4,38)39)15-14-34(2)3/h6-13,18-19,32H,5,14-17H2,1-4H3,(H,33,36). The molecule has 0 spiro atoms. The largest absolute Gasteiger partial charge is 0.486 e. The van der Waals surface area contributed by atoms with Crippen LogP contribution in [0.15, 0.2) is 60.7 Å². The Morgan fingerprint density at radius 2 is 1.65 bits per heavy atom. The molecule has 1 amide bonds. The molecule has 0 saturated heterocycles. The number of carbonyl (C=O) groups is 2. The van der Waals surface area contributed by atoms with Crippen molar-refractivity contribution in [2.75, 3.05) is 68.2 Å². The molecule has 5 rings (SSSR count). The summed E-state index contributed by atoms with van der Waals surface area (Å²) in [6.07, 6.45) is 1.18. The average Bonchev–Trinajstić information content (AvgIpc) is 3.30. The lowest BCUT2D eigenvalue weighted by atomic mass is 9.98. The van der Waals surface area contributed by atoms with E-state index in [1.54, 1.807) is 55.5 Å². The molecule has 0 aliphatic carbocycles. The van der Waals surface area contributed by atoms with Crippen LogP contribution >= 0.6 is 0 Å². The van der Waals surface area contributed by atoms with Gasteiger partial charge in [-0.15, -0.1) is 0 Å². The Bertz CT molecular complexity index is 1680. The average molecular weight is 607 g/mol. The van der Waals surface area contributed by atoms with Crippen LogP contribution in [0.2, 0.25) is 0 Å². The van der Waals surface area contributed by atoms with Crippen LogP contribution in [0, 0.1) is 0 Å². The van der Waals surface area contributed by atoms with Crippen molar-refractivity contribution in [1.29, 1.82) is 0 Å². The lowest BCUT2D eigenvalue weighted by Gasteiger charge is -2.24. The van der Waals surface area contributed by atoms with Gasteiger partial charge in [0, 0.05) is 29.9 Å². The van der Waals surface area contributed by atoms with Gasteiger partial charge in [-0.25, -0.2) is 13.2 Å². The van der Waals surface area contributed by atoms with Gasteiger partial charge in [0.05, 0.1) is 41.1 Å². The van der Waals surface area contributed by atoms with Gasteiger partial charge in [0.15, 0.2) is 11.5 Å². The van der Waals surface area contributed by atoms with Crippen LogP contribution in [0.5, 0.6) is 11.5 Å². The van der Waals surface area contributed by atoms with Crippen molar-refractivity contribution in [3.63, 3.8) is 0 Å². The molecule has 2 heterocycles. The highest BCUT2D eigenvalue weighted by atomic mass is 32.2. The van der Waals surface area contributed by atoms with Gasteiger partial charge in [-0.3, -0.25) is 9.10 Å². The van der Waals surface area contributed by atoms with E-state index in [4.69, 9.17) is 14.2 Å². The second kappa shape index (κ2) is 12.4. The monoisotopic (exact) mass is 606 g/mol. The zero-order chi connectivity index (χ0) is 30.7. The molecule has 226 valence electrons. The Balaban J connectivity index is 1.56. The molecule has 0 fully saturated rings. The van der Waals surface area contributed by atoms with Crippen molar-refractivity contribution in [1.82, 2.24) is 4.90 Å². The second-order valence-corrected chi connectivity index (χ2v) is 12.3. The van der Waals surface area contributed by atoms with Crippen molar-refractivity contribution >= 4 is 50.2 Å². The van der Waals surface area contributed by atoms with E-state index in [0.29, 0.717) is 82.8 Å². The predicted octanol–water partition coefficient (Wildman–Crippen LogP) is 3.89. The number of rotatable bonds is 10. The Morgan fingerprint density at radius 3 is 2.33 bits per heavy atom. The van der Waals surface area contributed by atoms with Crippen molar-refractivity contribution in [3.8, 4) is 11.5 Å². The number of hydrogen-bond donors (Lipinski definition) is 2. The maximum Gasteiger partial charge on any atom is 0.338 e. The van der Waals surface area contributed by atoms with E-state index in [0.717, 1.165) is 0 Å². The number of anilines is 3. The molecular formula is C31H34N4O7S. The summed E-state index contributed by atoms with van der Waals surface area (Å²) in [7, 11) is 0.265. The van der Waals surface area contributed by atoms with Crippen LogP contribution < -0.4 is 24.4 Å². The minimum absolute atomic E-state index is 0.238. The predicted molar refractivity (Wildman–Crippen MR) is 166 cm³/mol. The van der Waals surface area contributed by atoms with Gasteiger partial charge < -0.3 is 29.7 Å². The smallest absolute Gasteiger partial charge is 0.338 e. The molecule has 2 N–H and O–H groups in total. The lowest BCUT2D eigenvalue weighted by molar-refractivity contribution is -0.110. The number of esters is 1. The number of fused-ring (bicyclic) bond motifs is 2. The maximum absolute atomic E-state index is 13.5. The quantitative estimate of drug-likeness (QED) is 0.261. The topological polar surface area (TPSA) is 127 Å². The molecule has 0 radical (unpaired) electrons. The summed E-state index contributed by atoms with van der Waals surface area (Å²) in [5.74, 6) is 0.338. The number of sulfonamides is 1. The lowest BCUT2D eigenvalue weighted by Crippen LogP contribution is -2.35. The number of ether oxygens (including phenoxy) is 3. The van der Waals surface area contributed by atoms with E-state index in [2.05, 4.69) is 10.6 Å². The van der Waals surface area contributed by atoms with Crippen LogP contribution in [-0.2, 0) is 19.6 Å². The van der Waals surface area contributed by atoms with Gasteiger partial charge in [0.25, 0.3) is 5.91 Å². The summed E-state index contributed by atoms with van der Waals surface area (Å²) >= 11 is 0.